The maximum absolute atomic E-state index is 12.1. The molecule has 0 spiro atoms. The van der Waals surface area contributed by atoms with Gasteiger partial charge in [0.1, 0.15) is 5.69 Å². The van der Waals surface area contributed by atoms with E-state index in [9.17, 15) is 13.2 Å². The number of hydrogen-bond acceptors (Lipinski definition) is 7. The van der Waals surface area contributed by atoms with Gasteiger partial charge in [0.05, 0.1) is 11.5 Å². The van der Waals surface area contributed by atoms with Crippen molar-refractivity contribution in [1.82, 2.24) is 15.3 Å². The molecule has 0 bridgehead atoms. The van der Waals surface area contributed by atoms with Crippen LogP contribution in [0.15, 0.2) is 12.3 Å². The monoisotopic (exact) mass is 342 g/mol. The molecule has 1 aliphatic heterocycles. The van der Waals surface area contributed by atoms with E-state index in [4.69, 9.17) is 4.74 Å². The Balaban J connectivity index is 2.00. The van der Waals surface area contributed by atoms with Crippen LogP contribution in [0, 0.1) is 0 Å². The molecule has 1 N–H and O–H groups in total. The van der Waals surface area contributed by atoms with Gasteiger partial charge in [-0.2, -0.15) is 0 Å². The second-order valence-electron chi connectivity index (χ2n) is 5.51. The number of sulfone groups is 1. The van der Waals surface area contributed by atoms with Crippen LogP contribution in [-0.4, -0.2) is 69.1 Å². The second-order valence-corrected chi connectivity index (χ2v) is 7.74. The van der Waals surface area contributed by atoms with Crippen molar-refractivity contribution in [3.63, 3.8) is 0 Å². The molecule has 0 saturated carbocycles. The molecule has 1 aromatic heterocycles. The summed E-state index contributed by atoms with van der Waals surface area (Å²) in [7, 11) is 0.379. The fourth-order valence-corrected chi connectivity index (χ4v) is 4.17. The molecule has 9 heteroatoms. The Morgan fingerprint density at radius 2 is 2.30 bits per heavy atom. The van der Waals surface area contributed by atoms with E-state index >= 15 is 0 Å². The first-order valence-electron chi connectivity index (χ1n) is 7.46. The van der Waals surface area contributed by atoms with Gasteiger partial charge in [-0.05, 0) is 18.9 Å². The molecule has 0 aromatic carbocycles. The van der Waals surface area contributed by atoms with Gasteiger partial charge in [0.15, 0.2) is 9.84 Å². The molecular weight excluding hydrogens is 320 g/mol. The molecule has 1 aliphatic rings. The maximum atomic E-state index is 12.1. The van der Waals surface area contributed by atoms with Gasteiger partial charge in [-0.25, -0.2) is 18.4 Å². The molecule has 0 radical (unpaired) electrons. The van der Waals surface area contributed by atoms with Crippen LogP contribution in [0.2, 0.25) is 0 Å². The highest BCUT2D eigenvalue weighted by Crippen LogP contribution is 2.20. The van der Waals surface area contributed by atoms with Gasteiger partial charge in [0.2, 0.25) is 5.95 Å². The topological polar surface area (TPSA) is 101 Å². The number of carbonyl (C=O) groups is 1. The highest BCUT2D eigenvalue weighted by atomic mass is 32.2. The largest absolute Gasteiger partial charge is 0.385 e. The van der Waals surface area contributed by atoms with Crippen LogP contribution in [0.1, 0.15) is 23.3 Å². The maximum Gasteiger partial charge on any atom is 0.270 e. The van der Waals surface area contributed by atoms with Crippen LogP contribution in [0.25, 0.3) is 0 Å². The molecule has 0 aliphatic carbocycles. The Kier molecular flexibility index (Phi) is 5.89. The van der Waals surface area contributed by atoms with E-state index in [1.165, 1.54) is 12.3 Å². The first-order chi connectivity index (χ1) is 10.9. The summed E-state index contributed by atoms with van der Waals surface area (Å²) in [6, 6.07) is 1.38. The molecule has 1 unspecified atom stereocenters. The molecular formula is C14H22N4O4S. The van der Waals surface area contributed by atoms with Crippen molar-refractivity contribution in [3.05, 3.63) is 18.0 Å². The van der Waals surface area contributed by atoms with E-state index in [1.54, 1.807) is 19.1 Å². The molecule has 23 heavy (non-hydrogen) atoms. The zero-order valence-electron chi connectivity index (χ0n) is 13.4. The van der Waals surface area contributed by atoms with Crippen LogP contribution < -0.4 is 10.2 Å². The van der Waals surface area contributed by atoms with Crippen LogP contribution in [0.5, 0.6) is 0 Å². The smallest absolute Gasteiger partial charge is 0.270 e. The van der Waals surface area contributed by atoms with Crippen LogP contribution >= 0.6 is 0 Å². The van der Waals surface area contributed by atoms with E-state index in [1.807, 2.05) is 0 Å². The SMILES string of the molecule is COCCCNC(=O)c1ccnc(N(C)C2CCS(=O)(=O)C2)n1. The number of nitrogens with one attached hydrogen (secondary N) is 1. The molecule has 1 aromatic rings. The predicted octanol–water partition coefficient (Wildman–Crippen LogP) is -0.134. The molecule has 2 rings (SSSR count). The van der Waals surface area contributed by atoms with E-state index in [2.05, 4.69) is 15.3 Å². The lowest BCUT2D eigenvalue weighted by Gasteiger charge is -2.23. The van der Waals surface area contributed by atoms with Gasteiger partial charge in [-0.1, -0.05) is 0 Å². The van der Waals surface area contributed by atoms with Gasteiger partial charge in [-0.15, -0.1) is 0 Å². The highest BCUT2D eigenvalue weighted by Gasteiger charge is 2.31. The van der Waals surface area contributed by atoms with E-state index in [0.717, 1.165) is 6.42 Å². The number of amides is 1. The van der Waals surface area contributed by atoms with E-state index in [0.29, 0.717) is 25.5 Å². The lowest BCUT2D eigenvalue weighted by atomic mass is 10.2. The number of aromatic nitrogens is 2. The van der Waals surface area contributed by atoms with Gasteiger partial charge in [-0.3, -0.25) is 4.79 Å². The Labute approximate surface area is 136 Å². The Hall–Kier alpha value is -1.74. The van der Waals surface area contributed by atoms with Crippen molar-refractivity contribution in [2.45, 2.75) is 18.9 Å². The number of methoxy groups -OCH3 is 1. The first-order valence-corrected chi connectivity index (χ1v) is 9.28. The summed E-state index contributed by atoms with van der Waals surface area (Å²) in [6.45, 7) is 1.08. The predicted molar refractivity (Wildman–Crippen MR) is 86.3 cm³/mol. The third-order valence-corrected chi connectivity index (χ3v) is 5.51. The Morgan fingerprint density at radius 1 is 1.52 bits per heavy atom. The summed E-state index contributed by atoms with van der Waals surface area (Å²) in [5.41, 5.74) is 0.264. The molecule has 128 valence electrons. The fourth-order valence-electron chi connectivity index (χ4n) is 2.40. The summed E-state index contributed by atoms with van der Waals surface area (Å²) >= 11 is 0. The molecule has 1 saturated heterocycles. The van der Waals surface area contributed by atoms with Gasteiger partial charge in [0, 0.05) is 39.5 Å². The third kappa shape index (κ3) is 4.87. The lowest BCUT2D eigenvalue weighted by Crippen LogP contribution is -2.34. The lowest BCUT2D eigenvalue weighted by molar-refractivity contribution is 0.0943. The molecule has 2 heterocycles. The molecule has 1 amide bonds. The minimum Gasteiger partial charge on any atom is -0.385 e. The van der Waals surface area contributed by atoms with Crippen LogP contribution in [0.4, 0.5) is 5.95 Å². The van der Waals surface area contributed by atoms with Gasteiger partial charge < -0.3 is 15.0 Å². The fraction of sp³-hybridized carbons (Fsp3) is 0.643. The summed E-state index contributed by atoms with van der Waals surface area (Å²) in [5.74, 6) is 0.357. The minimum absolute atomic E-state index is 0.0975. The first kappa shape index (κ1) is 17.6. The number of ether oxygens (including phenoxy) is 1. The van der Waals surface area contributed by atoms with Crippen molar-refractivity contribution in [1.29, 1.82) is 0 Å². The van der Waals surface area contributed by atoms with E-state index < -0.39 is 9.84 Å². The van der Waals surface area contributed by atoms with Crippen molar-refractivity contribution < 1.29 is 17.9 Å². The van der Waals surface area contributed by atoms with Crippen LogP contribution in [-0.2, 0) is 14.6 Å². The number of nitrogens with zero attached hydrogens (tertiary/aromatic N) is 3. The highest BCUT2D eigenvalue weighted by molar-refractivity contribution is 7.91. The zero-order valence-corrected chi connectivity index (χ0v) is 14.2. The zero-order chi connectivity index (χ0) is 16.9. The van der Waals surface area contributed by atoms with Crippen molar-refractivity contribution in [3.8, 4) is 0 Å². The quantitative estimate of drug-likeness (QED) is 0.689. The summed E-state index contributed by atoms with van der Waals surface area (Å²) in [5, 5.41) is 2.76. The molecule has 1 fully saturated rings. The molecule has 1 atom stereocenters. The second kappa shape index (κ2) is 7.69. The third-order valence-electron chi connectivity index (χ3n) is 3.76. The van der Waals surface area contributed by atoms with Crippen molar-refractivity contribution in [2.75, 3.05) is 43.7 Å². The average molecular weight is 342 g/mol. The van der Waals surface area contributed by atoms with Gasteiger partial charge >= 0.3 is 0 Å². The standard InChI is InChI=1S/C14H22N4O4S/c1-18(11-5-9-23(20,21)10-11)14-16-7-4-12(17-14)13(19)15-6-3-8-22-2/h4,7,11H,3,5-6,8-10H2,1-2H3,(H,15,19). The summed E-state index contributed by atoms with van der Waals surface area (Å²) in [6.07, 6.45) is 2.78. The number of hydrogen-bond donors (Lipinski definition) is 1. The number of carbonyl (C=O) groups excluding carboxylic acids is 1. The number of anilines is 1. The molecule has 8 nitrogen and oxygen atoms in total. The summed E-state index contributed by atoms with van der Waals surface area (Å²) in [4.78, 5) is 22.2. The normalized spacial score (nSPS) is 19.5. The van der Waals surface area contributed by atoms with Crippen molar-refractivity contribution >= 4 is 21.7 Å². The number of rotatable bonds is 7. The van der Waals surface area contributed by atoms with E-state index in [-0.39, 0.29) is 29.1 Å². The Bertz CT molecular complexity index is 650. The minimum atomic E-state index is -2.98. The summed E-state index contributed by atoms with van der Waals surface area (Å²) < 4.78 is 28.1. The van der Waals surface area contributed by atoms with Gasteiger partial charge in [0.25, 0.3) is 5.91 Å². The average Bonchev–Trinajstić information content (AvgIpc) is 2.91. The Morgan fingerprint density at radius 3 is 2.96 bits per heavy atom. The van der Waals surface area contributed by atoms with Crippen molar-refractivity contribution in [2.24, 2.45) is 0 Å². The van der Waals surface area contributed by atoms with Crippen LogP contribution in [0.3, 0.4) is 0 Å².